The molecular weight excluding hydrogens is 294 g/mol. The molecule has 0 N–H and O–H groups in total. The van der Waals surface area contributed by atoms with Gasteiger partial charge >= 0.3 is 5.97 Å². The summed E-state index contributed by atoms with van der Waals surface area (Å²) in [5.74, 6) is -0.404. The van der Waals surface area contributed by atoms with Gasteiger partial charge in [-0.3, -0.25) is 14.4 Å². The molecule has 0 saturated carbocycles. The number of allylic oxidation sites excluding steroid dienone is 2. The maximum absolute atomic E-state index is 12.0. The first kappa shape index (κ1) is 16.7. The van der Waals surface area contributed by atoms with Gasteiger partial charge in [0.05, 0.1) is 5.57 Å². The number of rotatable bonds is 4. The van der Waals surface area contributed by atoms with Crippen LogP contribution in [-0.4, -0.2) is 21.9 Å². The number of fused-ring (bicyclic) bond motifs is 1. The van der Waals surface area contributed by atoms with E-state index in [1.54, 1.807) is 25.3 Å². The molecule has 0 saturated heterocycles. The summed E-state index contributed by atoms with van der Waals surface area (Å²) in [7, 11) is 0. The van der Waals surface area contributed by atoms with Gasteiger partial charge in [0.15, 0.2) is 11.6 Å². The van der Waals surface area contributed by atoms with E-state index in [2.05, 4.69) is 0 Å². The Morgan fingerprint density at radius 2 is 1.70 bits per heavy atom. The van der Waals surface area contributed by atoms with Crippen LogP contribution in [0.4, 0.5) is 0 Å². The van der Waals surface area contributed by atoms with E-state index in [-0.39, 0.29) is 17.3 Å². The Kier molecular flexibility index (Phi) is 4.50. The molecule has 0 unspecified atom stereocenters. The van der Waals surface area contributed by atoms with Gasteiger partial charge in [0.25, 0.3) is 0 Å². The van der Waals surface area contributed by atoms with Gasteiger partial charge in [-0.1, -0.05) is 0 Å². The SMILES string of the molecule is CC(=O)O/C(C)=C(/C(C)=O)c1ccn2c(C)c(C(C)=O)cc2c1. The van der Waals surface area contributed by atoms with E-state index in [1.807, 2.05) is 17.4 Å². The largest absolute Gasteiger partial charge is 0.431 e. The second-order valence-corrected chi connectivity index (χ2v) is 5.49. The number of aromatic nitrogens is 1. The van der Waals surface area contributed by atoms with E-state index in [9.17, 15) is 14.4 Å². The van der Waals surface area contributed by atoms with E-state index in [1.165, 1.54) is 20.8 Å². The van der Waals surface area contributed by atoms with E-state index in [0.29, 0.717) is 16.7 Å². The third-order valence-corrected chi connectivity index (χ3v) is 3.70. The zero-order valence-electron chi connectivity index (χ0n) is 13.9. The molecule has 2 rings (SSSR count). The van der Waals surface area contributed by atoms with Crippen LogP contribution in [0.25, 0.3) is 11.1 Å². The highest BCUT2D eigenvalue weighted by Gasteiger charge is 2.16. The Balaban J connectivity index is 2.64. The Morgan fingerprint density at radius 1 is 1.04 bits per heavy atom. The number of ether oxygens (including phenoxy) is 1. The summed E-state index contributed by atoms with van der Waals surface area (Å²) >= 11 is 0. The number of pyridine rings is 1. The molecule has 0 fully saturated rings. The van der Waals surface area contributed by atoms with Gasteiger partial charge in [-0.25, -0.2) is 0 Å². The van der Waals surface area contributed by atoms with Crippen molar-refractivity contribution in [1.82, 2.24) is 4.40 Å². The highest BCUT2D eigenvalue weighted by molar-refractivity contribution is 6.20. The number of hydrogen-bond acceptors (Lipinski definition) is 4. The van der Waals surface area contributed by atoms with Crippen LogP contribution in [0.5, 0.6) is 0 Å². The summed E-state index contributed by atoms with van der Waals surface area (Å²) in [6.07, 6.45) is 1.80. The van der Waals surface area contributed by atoms with Gasteiger partial charge in [-0.15, -0.1) is 0 Å². The molecule has 2 heterocycles. The lowest BCUT2D eigenvalue weighted by Gasteiger charge is -2.10. The fourth-order valence-electron chi connectivity index (χ4n) is 2.75. The number of Topliss-reactive ketones (excluding diaryl/α,β-unsaturated/α-hetero) is 2. The van der Waals surface area contributed by atoms with Crippen molar-refractivity contribution < 1.29 is 19.1 Å². The molecule has 0 aliphatic rings. The maximum Gasteiger partial charge on any atom is 0.307 e. The first-order chi connectivity index (χ1) is 10.7. The molecule has 0 aliphatic carbocycles. The smallest absolute Gasteiger partial charge is 0.307 e. The van der Waals surface area contributed by atoms with Gasteiger partial charge in [0.1, 0.15) is 5.76 Å². The average molecular weight is 313 g/mol. The van der Waals surface area contributed by atoms with Crippen LogP contribution >= 0.6 is 0 Å². The molecular formula is C18H19NO4. The third-order valence-electron chi connectivity index (χ3n) is 3.70. The number of hydrogen-bond donors (Lipinski definition) is 0. The Labute approximate surface area is 134 Å². The van der Waals surface area contributed by atoms with Gasteiger partial charge < -0.3 is 9.14 Å². The van der Waals surface area contributed by atoms with Crippen molar-refractivity contribution in [1.29, 1.82) is 0 Å². The number of aryl methyl sites for hydroxylation is 1. The first-order valence-corrected chi connectivity index (χ1v) is 7.25. The fourth-order valence-corrected chi connectivity index (χ4v) is 2.75. The highest BCUT2D eigenvalue weighted by Crippen LogP contribution is 2.25. The number of nitrogens with zero attached hydrogens (tertiary/aromatic N) is 1. The Bertz CT molecular complexity index is 855. The van der Waals surface area contributed by atoms with Crippen LogP contribution in [0.2, 0.25) is 0 Å². The minimum Gasteiger partial charge on any atom is -0.431 e. The summed E-state index contributed by atoms with van der Waals surface area (Å²) in [5, 5.41) is 0. The summed E-state index contributed by atoms with van der Waals surface area (Å²) in [5.41, 5.74) is 3.30. The number of ketones is 2. The van der Waals surface area contributed by atoms with Crippen LogP contribution in [0.15, 0.2) is 30.2 Å². The predicted molar refractivity (Wildman–Crippen MR) is 87.2 cm³/mol. The molecule has 120 valence electrons. The van der Waals surface area contributed by atoms with Crippen LogP contribution < -0.4 is 0 Å². The van der Waals surface area contributed by atoms with Crippen molar-refractivity contribution >= 4 is 28.6 Å². The molecule has 0 aromatic carbocycles. The summed E-state index contributed by atoms with van der Waals surface area (Å²) in [4.78, 5) is 34.8. The first-order valence-electron chi connectivity index (χ1n) is 7.25. The number of carbonyl (C=O) groups is 3. The lowest BCUT2D eigenvalue weighted by molar-refractivity contribution is -0.136. The minimum atomic E-state index is -0.472. The third kappa shape index (κ3) is 3.23. The van der Waals surface area contributed by atoms with Crippen molar-refractivity contribution in [2.24, 2.45) is 0 Å². The van der Waals surface area contributed by atoms with Crippen molar-refractivity contribution in [3.05, 3.63) is 47.0 Å². The molecule has 23 heavy (non-hydrogen) atoms. The average Bonchev–Trinajstić information content (AvgIpc) is 2.74. The molecule has 0 spiro atoms. The zero-order valence-corrected chi connectivity index (χ0v) is 13.9. The maximum atomic E-state index is 12.0. The second kappa shape index (κ2) is 6.20. The molecule has 0 atom stereocenters. The van der Waals surface area contributed by atoms with Crippen molar-refractivity contribution in [3.63, 3.8) is 0 Å². The van der Waals surface area contributed by atoms with Crippen molar-refractivity contribution in [2.75, 3.05) is 0 Å². The highest BCUT2D eigenvalue weighted by atomic mass is 16.5. The molecule has 2 aromatic heterocycles. The quantitative estimate of drug-likeness (QED) is 0.376. The van der Waals surface area contributed by atoms with Crippen LogP contribution in [0.1, 0.15) is 49.3 Å². The van der Waals surface area contributed by atoms with Crippen molar-refractivity contribution in [3.8, 4) is 0 Å². The standard InChI is InChI=1S/C18H19NO4/c1-10-17(11(2)20)9-16-8-15(6-7-19(10)16)18(12(3)21)13(4)23-14(5)22/h6-9H,1-5H3/b18-13-. The summed E-state index contributed by atoms with van der Waals surface area (Å²) in [6, 6.07) is 5.37. The number of esters is 1. The van der Waals surface area contributed by atoms with Gasteiger partial charge in [-0.2, -0.15) is 0 Å². The molecule has 0 radical (unpaired) electrons. The van der Waals surface area contributed by atoms with E-state index in [4.69, 9.17) is 4.74 Å². The molecule has 0 bridgehead atoms. The fraction of sp³-hybridized carbons (Fsp3) is 0.278. The summed E-state index contributed by atoms with van der Waals surface area (Å²) in [6.45, 7) is 7.70. The number of carbonyl (C=O) groups excluding carboxylic acids is 3. The second-order valence-electron chi connectivity index (χ2n) is 5.49. The molecule has 0 aliphatic heterocycles. The normalized spacial score (nSPS) is 12.0. The predicted octanol–water partition coefficient (Wildman–Crippen LogP) is 3.33. The lowest BCUT2D eigenvalue weighted by Crippen LogP contribution is -2.05. The van der Waals surface area contributed by atoms with E-state index < -0.39 is 5.97 Å². The molecule has 2 aromatic rings. The Morgan fingerprint density at radius 3 is 2.22 bits per heavy atom. The zero-order chi connectivity index (χ0) is 17.3. The van der Waals surface area contributed by atoms with E-state index >= 15 is 0 Å². The minimum absolute atomic E-state index is 0.00817. The summed E-state index contributed by atoms with van der Waals surface area (Å²) < 4.78 is 6.95. The van der Waals surface area contributed by atoms with Crippen LogP contribution in [0.3, 0.4) is 0 Å². The van der Waals surface area contributed by atoms with Gasteiger partial charge in [0, 0.05) is 29.9 Å². The molecule has 5 heteroatoms. The molecule has 0 amide bonds. The lowest BCUT2D eigenvalue weighted by atomic mass is 10.0. The van der Waals surface area contributed by atoms with Crippen molar-refractivity contribution in [2.45, 2.75) is 34.6 Å². The van der Waals surface area contributed by atoms with E-state index in [0.717, 1.165) is 11.2 Å². The Hall–Kier alpha value is -2.69. The van der Waals surface area contributed by atoms with Gasteiger partial charge in [-0.05, 0) is 51.5 Å². The van der Waals surface area contributed by atoms with Crippen LogP contribution in [0, 0.1) is 6.92 Å². The van der Waals surface area contributed by atoms with Gasteiger partial charge in [0.2, 0.25) is 0 Å². The van der Waals surface area contributed by atoms with Crippen LogP contribution in [-0.2, 0) is 14.3 Å². The topological polar surface area (TPSA) is 64.8 Å². The molecule has 5 nitrogen and oxygen atoms in total. The monoisotopic (exact) mass is 313 g/mol.